The SMILES string of the molecule is Cc1c(C(=O)N2CC(C(=O)O)C(c3ccccc3)C2)oc2c(C)cccc12. The average Bonchev–Trinajstić information content (AvgIpc) is 3.26. The Bertz CT molecular complexity index is 1020. The Balaban J connectivity index is 1.68. The van der Waals surface area contributed by atoms with Gasteiger partial charge in [0.1, 0.15) is 5.58 Å². The lowest BCUT2D eigenvalue weighted by atomic mass is 9.89. The van der Waals surface area contributed by atoms with E-state index in [0.29, 0.717) is 17.9 Å². The summed E-state index contributed by atoms with van der Waals surface area (Å²) in [5, 5.41) is 10.6. The molecule has 4 rings (SSSR count). The zero-order chi connectivity index (χ0) is 19.1. The number of para-hydroxylation sites is 1. The first kappa shape index (κ1) is 17.3. The summed E-state index contributed by atoms with van der Waals surface area (Å²) in [5.74, 6) is -1.66. The van der Waals surface area contributed by atoms with Crippen LogP contribution in [0.2, 0.25) is 0 Å². The smallest absolute Gasteiger partial charge is 0.308 e. The first-order valence-electron chi connectivity index (χ1n) is 9.03. The van der Waals surface area contributed by atoms with Crippen LogP contribution in [0.1, 0.15) is 33.2 Å². The van der Waals surface area contributed by atoms with Crippen LogP contribution in [0.4, 0.5) is 0 Å². The van der Waals surface area contributed by atoms with Crippen molar-refractivity contribution in [1.29, 1.82) is 0 Å². The van der Waals surface area contributed by atoms with Gasteiger partial charge < -0.3 is 14.4 Å². The number of fused-ring (bicyclic) bond motifs is 1. The molecule has 1 amide bonds. The van der Waals surface area contributed by atoms with Crippen LogP contribution >= 0.6 is 0 Å². The van der Waals surface area contributed by atoms with Crippen molar-refractivity contribution in [2.45, 2.75) is 19.8 Å². The van der Waals surface area contributed by atoms with E-state index in [1.165, 1.54) is 0 Å². The van der Waals surface area contributed by atoms with Crippen LogP contribution in [0.5, 0.6) is 0 Å². The van der Waals surface area contributed by atoms with Gasteiger partial charge in [-0.25, -0.2) is 0 Å². The lowest BCUT2D eigenvalue weighted by Crippen LogP contribution is -2.30. The number of furan rings is 1. The van der Waals surface area contributed by atoms with Gasteiger partial charge in [-0.05, 0) is 25.0 Å². The van der Waals surface area contributed by atoms with E-state index in [1.54, 1.807) is 4.90 Å². The highest BCUT2D eigenvalue weighted by Gasteiger charge is 2.41. The number of carboxylic acids is 1. The molecule has 1 aromatic heterocycles. The monoisotopic (exact) mass is 363 g/mol. The van der Waals surface area contributed by atoms with Crippen molar-refractivity contribution < 1.29 is 19.1 Å². The molecular formula is C22H21NO4. The summed E-state index contributed by atoms with van der Waals surface area (Å²) in [6.45, 7) is 4.37. The van der Waals surface area contributed by atoms with Gasteiger partial charge in [0.05, 0.1) is 5.92 Å². The van der Waals surface area contributed by atoms with Crippen LogP contribution < -0.4 is 0 Å². The topological polar surface area (TPSA) is 70.8 Å². The minimum Gasteiger partial charge on any atom is -0.481 e. The van der Waals surface area contributed by atoms with E-state index in [0.717, 1.165) is 22.1 Å². The molecule has 0 spiro atoms. The molecule has 1 fully saturated rings. The number of carboxylic acid groups (broad SMARTS) is 1. The quantitative estimate of drug-likeness (QED) is 0.764. The molecule has 27 heavy (non-hydrogen) atoms. The molecule has 0 radical (unpaired) electrons. The zero-order valence-corrected chi connectivity index (χ0v) is 15.3. The molecule has 1 N–H and O–H groups in total. The Morgan fingerprint density at radius 3 is 2.44 bits per heavy atom. The fraction of sp³-hybridized carbons (Fsp3) is 0.273. The Labute approximate surface area is 157 Å². The molecule has 2 aromatic carbocycles. The van der Waals surface area contributed by atoms with E-state index in [4.69, 9.17) is 4.42 Å². The van der Waals surface area contributed by atoms with E-state index in [1.807, 2.05) is 62.4 Å². The normalized spacial score (nSPS) is 19.6. The second-order valence-electron chi connectivity index (χ2n) is 7.18. The van der Waals surface area contributed by atoms with Gasteiger partial charge in [-0.1, -0.05) is 48.5 Å². The third kappa shape index (κ3) is 2.89. The second kappa shape index (κ2) is 6.58. The van der Waals surface area contributed by atoms with Gasteiger partial charge >= 0.3 is 5.97 Å². The Morgan fingerprint density at radius 2 is 1.78 bits per heavy atom. The number of likely N-dealkylation sites (tertiary alicyclic amines) is 1. The zero-order valence-electron chi connectivity index (χ0n) is 15.3. The maximum Gasteiger partial charge on any atom is 0.308 e. The number of benzene rings is 2. The number of hydrogen-bond donors (Lipinski definition) is 1. The highest BCUT2D eigenvalue weighted by atomic mass is 16.4. The summed E-state index contributed by atoms with van der Waals surface area (Å²) >= 11 is 0. The summed E-state index contributed by atoms with van der Waals surface area (Å²) in [4.78, 5) is 26.5. The number of rotatable bonds is 3. The molecule has 1 aliphatic heterocycles. The fourth-order valence-electron chi connectivity index (χ4n) is 3.99. The van der Waals surface area contributed by atoms with Crippen LogP contribution in [-0.2, 0) is 4.79 Å². The van der Waals surface area contributed by atoms with Crippen molar-refractivity contribution in [2.75, 3.05) is 13.1 Å². The van der Waals surface area contributed by atoms with E-state index in [2.05, 4.69) is 0 Å². The predicted octanol–water partition coefficient (Wildman–Crippen LogP) is 3.99. The van der Waals surface area contributed by atoms with E-state index >= 15 is 0 Å². The van der Waals surface area contributed by atoms with Crippen molar-refractivity contribution in [3.8, 4) is 0 Å². The molecule has 0 bridgehead atoms. The molecule has 2 atom stereocenters. The predicted molar refractivity (Wildman–Crippen MR) is 102 cm³/mol. The van der Waals surface area contributed by atoms with Gasteiger partial charge in [-0.3, -0.25) is 9.59 Å². The molecule has 5 nitrogen and oxygen atoms in total. The Morgan fingerprint density at radius 1 is 1.04 bits per heavy atom. The number of amides is 1. The van der Waals surface area contributed by atoms with Crippen LogP contribution in [0.3, 0.4) is 0 Å². The molecule has 3 aromatic rings. The standard InChI is InChI=1S/C22H21NO4/c1-13-7-6-10-16-14(2)20(27-19(13)16)21(24)23-11-17(18(12-23)22(25)26)15-8-4-3-5-9-15/h3-10,17-18H,11-12H2,1-2H3,(H,25,26). The maximum absolute atomic E-state index is 13.1. The third-order valence-electron chi connectivity index (χ3n) is 5.51. The highest BCUT2D eigenvalue weighted by Crippen LogP contribution is 2.35. The highest BCUT2D eigenvalue weighted by molar-refractivity contribution is 6.00. The molecule has 0 aliphatic carbocycles. The van der Waals surface area contributed by atoms with Gasteiger partial charge in [-0.2, -0.15) is 0 Å². The average molecular weight is 363 g/mol. The number of aliphatic carboxylic acids is 1. The lowest BCUT2D eigenvalue weighted by Gasteiger charge is -2.15. The van der Waals surface area contributed by atoms with E-state index in [9.17, 15) is 14.7 Å². The molecular weight excluding hydrogens is 342 g/mol. The van der Waals surface area contributed by atoms with Gasteiger partial charge in [0, 0.05) is 30.0 Å². The third-order valence-corrected chi connectivity index (χ3v) is 5.51. The van der Waals surface area contributed by atoms with Gasteiger partial charge in [0.2, 0.25) is 0 Å². The summed E-state index contributed by atoms with van der Waals surface area (Å²) < 4.78 is 5.90. The number of carbonyl (C=O) groups is 2. The number of nitrogens with zero attached hydrogens (tertiary/aromatic N) is 1. The molecule has 5 heteroatoms. The van der Waals surface area contributed by atoms with Crippen LogP contribution in [0.25, 0.3) is 11.0 Å². The molecule has 2 heterocycles. The first-order valence-corrected chi connectivity index (χ1v) is 9.03. The minimum atomic E-state index is -0.878. The lowest BCUT2D eigenvalue weighted by molar-refractivity contribution is -0.141. The van der Waals surface area contributed by atoms with Crippen molar-refractivity contribution in [3.63, 3.8) is 0 Å². The van der Waals surface area contributed by atoms with E-state index < -0.39 is 11.9 Å². The van der Waals surface area contributed by atoms with Crippen molar-refractivity contribution >= 4 is 22.8 Å². The van der Waals surface area contributed by atoms with Gasteiger partial charge in [0.25, 0.3) is 5.91 Å². The Kier molecular flexibility index (Phi) is 4.22. The molecule has 138 valence electrons. The number of hydrogen-bond acceptors (Lipinski definition) is 3. The number of carbonyl (C=O) groups excluding carboxylic acids is 1. The maximum atomic E-state index is 13.1. The summed E-state index contributed by atoms with van der Waals surface area (Å²) in [6.07, 6.45) is 0. The Hall–Kier alpha value is -3.08. The first-order chi connectivity index (χ1) is 13.0. The van der Waals surface area contributed by atoms with Gasteiger partial charge in [0.15, 0.2) is 5.76 Å². The summed E-state index contributed by atoms with van der Waals surface area (Å²) in [7, 11) is 0. The van der Waals surface area contributed by atoms with Crippen molar-refractivity contribution in [2.24, 2.45) is 5.92 Å². The van der Waals surface area contributed by atoms with Crippen molar-refractivity contribution in [3.05, 3.63) is 71.0 Å². The summed E-state index contributed by atoms with van der Waals surface area (Å²) in [5.41, 5.74) is 3.43. The molecule has 1 aliphatic rings. The van der Waals surface area contributed by atoms with Gasteiger partial charge in [-0.15, -0.1) is 0 Å². The molecule has 2 unspecified atom stereocenters. The molecule has 0 saturated carbocycles. The van der Waals surface area contributed by atoms with Crippen LogP contribution in [-0.4, -0.2) is 35.0 Å². The largest absolute Gasteiger partial charge is 0.481 e. The summed E-state index contributed by atoms with van der Waals surface area (Å²) in [6, 6.07) is 15.4. The van der Waals surface area contributed by atoms with Crippen LogP contribution in [0.15, 0.2) is 52.9 Å². The molecule has 1 saturated heterocycles. The van der Waals surface area contributed by atoms with Crippen LogP contribution in [0, 0.1) is 19.8 Å². The minimum absolute atomic E-state index is 0.184. The fourth-order valence-corrected chi connectivity index (χ4v) is 3.99. The van der Waals surface area contributed by atoms with Crippen molar-refractivity contribution in [1.82, 2.24) is 4.90 Å². The second-order valence-corrected chi connectivity index (χ2v) is 7.18. The number of aryl methyl sites for hydroxylation is 2. The van der Waals surface area contributed by atoms with E-state index in [-0.39, 0.29) is 18.4 Å².